The van der Waals surface area contributed by atoms with E-state index in [0.29, 0.717) is 48.9 Å². The Balaban J connectivity index is 0.612. The van der Waals surface area contributed by atoms with Crippen LogP contribution in [0.4, 0.5) is 27.5 Å². The highest BCUT2D eigenvalue weighted by atomic mass is 32.1. The normalized spacial score (nSPS) is 16.5. The molecule has 2 aromatic heterocycles. The van der Waals surface area contributed by atoms with E-state index in [9.17, 15) is 19.2 Å². The van der Waals surface area contributed by atoms with Gasteiger partial charge in [-0.2, -0.15) is 0 Å². The summed E-state index contributed by atoms with van der Waals surface area (Å²) in [6.45, 7) is 9.77. The SMILES string of the molecule is O=C(COC(=O)OCN1C(=O)CCc2ccc(OCCCCN3CCN(c4cccc5sccc45)CC3)cc21)OCN1C(=O)CCc2ccc(OCCCCN3CCN(c4cccc5sccc45)CC3)cc21. The maximum Gasteiger partial charge on any atom is 0.510 e. The lowest BCUT2D eigenvalue weighted by Crippen LogP contribution is -2.46. The summed E-state index contributed by atoms with van der Waals surface area (Å²) in [5.41, 5.74) is 5.76. The Labute approximate surface area is 428 Å². The smallest absolute Gasteiger partial charge is 0.494 e. The maximum atomic E-state index is 13.0. The van der Waals surface area contributed by atoms with Crippen molar-refractivity contribution in [3.05, 3.63) is 107 Å². The molecule has 15 nitrogen and oxygen atoms in total. The first-order chi connectivity index (χ1) is 35.3. The van der Waals surface area contributed by atoms with Crippen molar-refractivity contribution in [3.63, 3.8) is 0 Å². The van der Waals surface area contributed by atoms with E-state index < -0.39 is 25.5 Å². The first-order valence-electron chi connectivity index (χ1n) is 25.3. The van der Waals surface area contributed by atoms with E-state index in [1.165, 1.54) is 41.3 Å². The molecule has 378 valence electrons. The summed E-state index contributed by atoms with van der Waals surface area (Å²) in [5, 5.41) is 7.00. The molecule has 0 unspecified atom stereocenters. The molecule has 6 heterocycles. The number of thiophene rings is 2. The number of anilines is 4. The van der Waals surface area contributed by atoms with Gasteiger partial charge in [-0.3, -0.25) is 29.2 Å². The molecule has 0 radical (unpaired) electrons. The maximum absolute atomic E-state index is 13.0. The average molecular weight is 1020 g/mol. The molecule has 4 aromatic carbocycles. The number of carbonyl (C=O) groups is 4. The number of piperazine rings is 2. The van der Waals surface area contributed by atoms with Crippen LogP contribution in [0.3, 0.4) is 0 Å². The number of benzene rings is 4. The lowest BCUT2D eigenvalue weighted by atomic mass is 10.0. The fraction of sp³-hybridized carbons (Fsp3) is 0.418. The van der Waals surface area contributed by atoms with Gasteiger partial charge in [0.15, 0.2) is 20.1 Å². The molecular weight excluding hydrogens is 953 g/mol. The molecule has 2 saturated heterocycles. The molecular formula is C55H62N6O9S2. The molecule has 0 spiro atoms. The Bertz CT molecular complexity index is 2660. The first kappa shape index (κ1) is 49.2. The predicted octanol–water partition coefficient (Wildman–Crippen LogP) is 8.95. The number of ether oxygens (including phenoxy) is 5. The summed E-state index contributed by atoms with van der Waals surface area (Å²) < 4.78 is 30.7. The van der Waals surface area contributed by atoms with Gasteiger partial charge in [0.1, 0.15) is 11.5 Å². The Hall–Kier alpha value is -6.40. The molecule has 4 aliphatic heterocycles. The number of carbonyl (C=O) groups excluding carboxylic acids is 4. The van der Waals surface area contributed by atoms with Crippen LogP contribution in [0.25, 0.3) is 20.2 Å². The third-order valence-corrected chi connectivity index (χ3v) is 15.9. The molecule has 2 amide bonds. The van der Waals surface area contributed by atoms with E-state index in [0.717, 1.165) is 102 Å². The second-order valence-electron chi connectivity index (χ2n) is 18.7. The number of hydrogen-bond donors (Lipinski definition) is 0. The highest BCUT2D eigenvalue weighted by Crippen LogP contribution is 2.35. The van der Waals surface area contributed by atoms with Crippen LogP contribution >= 0.6 is 22.7 Å². The molecule has 0 atom stereocenters. The molecule has 0 aliphatic carbocycles. The largest absolute Gasteiger partial charge is 0.510 e. The van der Waals surface area contributed by atoms with E-state index in [1.54, 1.807) is 28.7 Å². The third kappa shape index (κ3) is 11.9. The van der Waals surface area contributed by atoms with Crippen LogP contribution < -0.4 is 29.1 Å². The number of amides is 2. The minimum Gasteiger partial charge on any atom is -0.494 e. The van der Waals surface area contributed by atoms with E-state index >= 15 is 0 Å². The summed E-state index contributed by atoms with van der Waals surface area (Å²) in [6, 6.07) is 28.9. The topological polar surface area (TPSA) is 134 Å². The fourth-order valence-electron chi connectivity index (χ4n) is 10.1. The Morgan fingerprint density at radius 2 is 0.986 bits per heavy atom. The van der Waals surface area contributed by atoms with Crippen molar-refractivity contribution in [1.82, 2.24) is 9.80 Å². The van der Waals surface area contributed by atoms with Crippen molar-refractivity contribution < 1.29 is 42.9 Å². The van der Waals surface area contributed by atoms with Gasteiger partial charge >= 0.3 is 12.1 Å². The molecule has 0 saturated carbocycles. The molecule has 6 aromatic rings. The van der Waals surface area contributed by atoms with Crippen molar-refractivity contribution >= 4 is 89.5 Å². The number of rotatable bonds is 20. The molecule has 0 N–H and O–H groups in total. The van der Waals surface area contributed by atoms with Crippen molar-refractivity contribution in [1.29, 1.82) is 0 Å². The van der Waals surface area contributed by atoms with Crippen LogP contribution in [0.5, 0.6) is 11.5 Å². The second-order valence-corrected chi connectivity index (χ2v) is 20.6. The van der Waals surface area contributed by atoms with Gasteiger partial charge in [0.2, 0.25) is 11.8 Å². The standard InChI is InChI=1S/C55H62N6O9S2/c62-52-17-13-40-11-15-42(66-31-3-1-21-56-23-27-58(28-24-56)46-7-5-9-50-44(46)19-33-71-50)35-48(40)60(52)38-69-54(64)37-68-55(65)70-39-61-49-36-43(16-12-41(49)14-18-53(61)63)67-32-4-2-22-57-25-29-59(30-26-57)47-8-6-10-51-45(47)20-34-72-51/h5-12,15-16,19-20,33-36H,1-4,13-14,17-18,21-32,37-39H2. The molecule has 2 fully saturated rings. The van der Waals surface area contributed by atoms with Gasteiger partial charge in [0.05, 0.1) is 24.6 Å². The number of unbranched alkanes of at least 4 members (excludes halogenated alkanes) is 2. The molecule has 17 heteroatoms. The fourth-order valence-corrected chi connectivity index (χ4v) is 11.8. The Kier molecular flexibility index (Phi) is 16.0. The summed E-state index contributed by atoms with van der Waals surface area (Å²) >= 11 is 3.57. The number of hydrogen-bond acceptors (Lipinski definition) is 15. The zero-order valence-electron chi connectivity index (χ0n) is 40.7. The summed E-state index contributed by atoms with van der Waals surface area (Å²) in [5.74, 6) is 0.0126. The van der Waals surface area contributed by atoms with Crippen LogP contribution in [0.15, 0.2) is 95.7 Å². The molecule has 4 aliphatic rings. The van der Waals surface area contributed by atoms with Gasteiger partial charge in [0, 0.05) is 109 Å². The van der Waals surface area contributed by atoms with Gasteiger partial charge in [-0.1, -0.05) is 24.3 Å². The van der Waals surface area contributed by atoms with Gasteiger partial charge in [-0.15, -0.1) is 22.7 Å². The van der Waals surface area contributed by atoms with Crippen LogP contribution in [-0.2, 0) is 41.4 Å². The first-order valence-corrected chi connectivity index (χ1v) is 27.0. The highest BCUT2D eigenvalue weighted by molar-refractivity contribution is 7.17. The third-order valence-electron chi connectivity index (χ3n) is 14.1. The highest BCUT2D eigenvalue weighted by Gasteiger charge is 2.29. The van der Waals surface area contributed by atoms with Crippen molar-refractivity contribution in [3.8, 4) is 11.5 Å². The Morgan fingerprint density at radius 3 is 1.49 bits per heavy atom. The zero-order valence-corrected chi connectivity index (χ0v) is 42.3. The zero-order chi connectivity index (χ0) is 49.2. The van der Waals surface area contributed by atoms with E-state index in [1.807, 2.05) is 30.3 Å². The van der Waals surface area contributed by atoms with Crippen LogP contribution in [-0.4, -0.2) is 132 Å². The van der Waals surface area contributed by atoms with Crippen LogP contribution in [0.1, 0.15) is 49.7 Å². The summed E-state index contributed by atoms with van der Waals surface area (Å²) in [4.78, 5) is 64.3. The van der Waals surface area contributed by atoms with Gasteiger partial charge in [0.25, 0.3) is 0 Å². The van der Waals surface area contributed by atoms with E-state index in [4.69, 9.17) is 23.7 Å². The summed E-state index contributed by atoms with van der Waals surface area (Å²) in [6.07, 6.45) is 4.32. The predicted molar refractivity (Wildman–Crippen MR) is 283 cm³/mol. The summed E-state index contributed by atoms with van der Waals surface area (Å²) in [7, 11) is 0. The minimum absolute atomic E-state index is 0.191. The molecule has 0 bridgehead atoms. The van der Waals surface area contributed by atoms with Crippen LogP contribution in [0.2, 0.25) is 0 Å². The van der Waals surface area contributed by atoms with Crippen molar-refractivity contribution in [2.24, 2.45) is 0 Å². The average Bonchev–Trinajstić information content (AvgIpc) is 4.11. The number of fused-ring (bicyclic) bond motifs is 4. The van der Waals surface area contributed by atoms with E-state index in [2.05, 4.69) is 78.9 Å². The minimum atomic E-state index is -1.13. The second kappa shape index (κ2) is 23.4. The number of nitrogens with zero attached hydrogens (tertiary/aromatic N) is 6. The Morgan fingerprint density at radius 1 is 0.500 bits per heavy atom. The van der Waals surface area contributed by atoms with Crippen LogP contribution in [0, 0.1) is 0 Å². The lowest BCUT2D eigenvalue weighted by Gasteiger charge is -2.36. The molecule has 72 heavy (non-hydrogen) atoms. The quantitative estimate of drug-likeness (QED) is 0.0533. The van der Waals surface area contributed by atoms with Gasteiger partial charge < -0.3 is 33.5 Å². The van der Waals surface area contributed by atoms with Crippen molar-refractivity contribution in [2.45, 2.75) is 51.4 Å². The lowest BCUT2D eigenvalue weighted by molar-refractivity contribution is -0.148. The number of aryl methyl sites for hydroxylation is 2. The van der Waals surface area contributed by atoms with Gasteiger partial charge in [-0.05, 0) is 122 Å². The van der Waals surface area contributed by atoms with Gasteiger partial charge in [-0.25, -0.2) is 9.59 Å². The monoisotopic (exact) mass is 1010 g/mol. The number of esters is 1. The van der Waals surface area contributed by atoms with Crippen molar-refractivity contribution in [2.75, 3.05) is 118 Å². The van der Waals surface area contributed by atoms with E-state index in [-0.39, 0.29) is 31.4 Å². The molecule has 10 rings (SSSR count).